The SMILES string of the molecule is B.Br.Br.Br.ClCCl. The van der Waals surface area contributed by atoms with E-state index in [1.165, 1.54) is 0 Å². The predicted octanol–water partition coefficient (Wildman–Crippen LogP) is 1.97. The summed E-state index contributed by atoms with van der Waals surface area (Å²) < 4.78 is 0. The highest BCUT2D eigenvalue weighted by Crippen LogP contribution is 1.73. The number of hydrogen-bond acceptors (Lipinski definition) is 0. The zero-order valence-electron chi connectivity index (χ0n) is 2.69. The molecule has 6 heteroatoms. The first-order valence-corrected chi connectivity index (χ1v) is 1.60. The van der Waals surface area contributed by atoms with E-state index in [0.717, 1.165) is 0 Å². The smallest absolute Gasteiger partial charge is 0.0967 e. The van der Waals surface area contributed by atoms with Crippen molar-refractivity contribution >= 4 is 82.6 Å². The van der Waals surface area contributed by atoms with E-state index in [-0.39, 0.29) is 64.7 Å². The highest BCUT2D eigenvalue weighted by molar-refractivity contribution is 8.93. The largest absolute Gasteiger partial charge is 0.114 e. The fraction of sp³-hybridized carbons (Fsp3) is 1.00. The summed E-state index contributed by atoms with van der Waals surface area (Å²) >= 11 is 9.53. The Morgan fingerprint density at radius 2 is 0.857 bits per heavy atom. The molecule has 0 aliphatic carbocycles. The van der Waals surface area contributed by atoms with Crippen LogP contribution in [0.3, 0.4) is 0 Å². The molecule has 0 rings (SSSR count). The van der Waals surface area contributed by atoms with Gasteiger partial charge in [0, 0.05) is 0 Å². The maximum absolute atomic E-state index is 4.76. The van der Waals surface area contributed by atoms with Crippen LogP contribution >= 0.6 is 74.1 Å². The van der Waals surface area contributed by atoms with Gasteiger partial charge in [0.05, 0.1) is 13.8 Å². The molecule has 0 spiro atoms. The fourth-order valence-electron chi connectivity index (χ4n) is 0. The Balaban J connectivity index is -0.00000000333. The molecule has 0 N–H and O–H groups in total. The van der Waals surface area contributed by atoms with Gasteiger partial charge in [-0.2, -0.15) is 0 Å². The standard InChI is InChI=1S/CH2Cl2.BH3.3BrH/c2-1-3;;;;/h1H2;1H3;3*1H. The second-order valence-electron chi connectivity index (χ2n) is 0.101. The lowest BCUT2D eigenvalue weighted by molar-refractivity contribution is 2.20. The van der Waals surface area contributed by atoms with E-state index in [0.29, 0.717) is 0 Å². The predicted molar refractivity (Wildman–Crippen MR) is 57.5 cm³/mol. The number of hydrogen-bond donors (Lipinski definition) is 0. The van der Waals surface area contributed by atoms with Crippen molar-refractivity contribution in [3.8, 4) is 0 Å². The molecule has 0 aliphatic rings. The van der Waals surface area contributed by atoms with Crippen LogP contribution in [0.5, 0.6) is 0 Å². The summed E-state index contributed by atoms with van der Waals surface area (Å²) in [5, 5.41) is 0.194. The summed E-state index contributed by atoms with van der Waals surface area (Å²) in [5.41, 5.74) is 0. The molecule has 0 aromatic heterocycles. The van der Waals surface area contributed by atoms with Crippen molar-refractivity contribution in [1.82, 2.24) is 0 Å². The molecule has 0 aromatic carbocycles. The minimum Gasteiger partial charge on any atom is -0.114 e. The van der Waals surface area contributed by atoms with Crippen LogP contribution in [-0.4, -0.2) is 13.8 Å². The summed E-state index contributed by atoms with van der Waals surface area (Å²) in [7, 11) is 0. The first-order chi connectivity index (χ1) is 1.41. The van der Waals surface area contributed by atoms with E-state index >= 15 is 0 Å². The molecule has 0 bridgehead atoms. The lowest BCUT2D eigenvalue weighted by Crippen LogP contribution is -1.24. The van der Waals surface area contributed by atoms with Gasteiger partial charge in [-0.3, -0.25) is 0 Å². The van der Waals surface area contributed by atoms with Gasteiger partial charge >= 0.3 is 0 Å². The van der Waals surface area contributed by atoms with Crippen LogP contribution in [0.4, 0.5) is 0 Å². The van der Waals surface area contributed by atoms with Crippen LogP contribution in [0.2, 0.25) is 0 Å². The van der Waals surface area contributed by atoms with Crippen molar-refractivity contribution in [1.29, 1.82) is 0 Å². The summed E-state index contributed by atoms with van der Waals surface area (Å²) in [6, 6.07) is 0. The Kier molecular flexibility index (Phi) is 217. The van der Waals surface area contributed by atoms with Gasteiger partial charge in [-0.1, -0.05) is 0 Å². The normalized spacial score (nSPS) is 2.57. The van der Waals surface area contributed by atoms with Crippen LogP contribution in [0, 0.1) is 0 Å². The Bertz CT molecular complexity index is 12.9. The number of halogens is 5. The highest BCUT2D eigenvalue weighted by Gasteiger charge is 1.41. The van der Waals surface area contributed by atoms with E-state index in [1.807, 2.05) is 0 Å². The topological polar surface area (TPSA) is 0 Å². The molecule has 0 fully saturated rings. The second kappa shape index (κ2) is 42.6. The molecule has 0 amide bonds. The first kappa shape index (κ1) is 35.6. The van der Waals surface area contributed by atoms with Gasteiger partial charge in [-0.25, -0.2) is 0 Å². The van der Waals surface area contributed by atoms with Crippen molar-refractivity contribution in [2.24, 2.45) is 0 Å². The monoisotopic (exact) mass is 338 g/mol. The molecule has 7 heavy (non-hydrogen) atoms. The molecular formula is CH8BBr3Cl2. The van der Waals surface area contributed by atoms with Gasteiger partial charge in [0.2, 0.25) is 0 Å². The summed E-state index contributed by atoms with van der Waals surface area (Å²) in [4.78, 5) is 0. The van der Waals surface area contributed by atoms with Crippen molar-refractivity contribution < 1.29 is 0 Å². The third kappa shape index (κ3) is 68.9. The van der Waals surface area contributed by atoms with Gasteiger partial charge in [0.1, 0.15) is 0 Å². The van der Waals surface area contributed by atoms with Crippen LogP contribution in [0.15, 0.2) is 0 Å². The van der Waals surface area contributed by atoms with E-state index < -0.39 is 0 Å². The van der Waals surface area contributed by atoms with Crippen LogP contribution in [-0.2, 0) is 0 Å². The van der Waals surface area contributed by atoms with Crippen molar-refractivity contribution in [3.05, 3.63) is 0 Å². The third-order valence-electron chi connectivity index (χ3n) is 0. The van der Waals surface area contributed by atoms with E-state index in [2.05, 4.69) is 0 Å². The molecule has 0 saturated carbocycles. The van der Waals surface area contributed by atoms with Crippen LogP contribution in [0.1, 0.15) is 0 Å². The summed E-state index contributed by atoms with van der Waals surface area (Å²) in [6.45, 7) is 0. The molecule has 0 saturated heterocycles. The maximum atomic E-state index is 4.76. The number of alkyl halides is 2. The van der Waals surface area contributed by atoms with Crippen molar-refractivity contribution in [3.63, 3.8) is 0 Å². The zero-order valence-corrected chi connectivity index (χ0v) is 9.34. The van der Waals surface area contributed by atoms with E-state index in [4.69, 9.17) is 23.2 Å². The molecule has 0 aliphatic heterocycles. The Hall–Kier alpha value is 2.08. The molecular weight excluding hydrogens is 333 g/mol. The molecule has 0 heterocycles. The number of rotatable bonds is 0. The van der Waals surface area contributed by atoms with E-state index in [1.54, 1.807) is 0 Å². The molecule has 50 valence electrons. The van der Waals surface area contributed by atoms with E-state index in [9.17, 15) is 0 Å². The van der Waals surface area contributed by atoms with Crippen LogP contribution < -0.4 is 0 Å². The zero-order chi connectivity index (χ0) is 2.71. The Morgan fingerprint density at radius 1 is 0.857 bits per heavy atom. The summed E-state index contributed by atoms with van der Waals surface area (Å²) in [6.07, 6.45) is 0. The molecule has 0 unspecified atom stereocenters. The van der Waals surface area contributed by atoms with Gasteiger partial charge in [0.15, 0.2) is 0 Å². The molecule has 0 nitrogen and oxygen atoms in total. The van der Waals surface area contributed by atoms with Crippen molar-refractivity contribution in [2.45, 2.75) is 0 Å². The Labute approximate surface area is 87.2 Å². The minimum absolute atomic E-state index is 0. The second-order valence-corrected chi connectivity index (χ2v) is 0.909. The molecule has 0 atom stereocenters. The fourth-order valence-corrected chi connectivity index (χ4v) is 0. The Morgan fingerprint density at radius 3 is 0.857 bits per heavy atom. The molecule has 0 radical (unpaired) electrons. The maximum Gasteiger partial charge on any atom is 0.0967 e. The van der Waals surface area contributed by atoms with Crippen LogP contribution in [0.25, 0.3) is 0 Å². The lowest BCUT2D eigenvalue weighted by Gasteiger charge is -1.42. The van der Waals surface area contributed by atoms with Gasteiger partial charge in [0.25, 0.3) is 0 Å². The quantitative estimate of drug-likeness (QED) is 0.467. The summed E-state index contributed by atoms with van der Waals surface area (Å²) in [5.74, 6) is 0. The van der Waals surface area contributed by atoms with Crippen molar-refractivity contribution in [2.75, 3.05) is 5.34 Å². The average molecular weight is 342 g/mol. The van der Waals surface area contributed by atoms with Gasteiger partial charge in [-0.05, 0) is 0 Å². The first-order valence-electron chi connectivity index (χ1n) is 0.535. The lowest BCUT2D eigenvalue weighted by atomic mass is 10.8. The van der Waals surface area contributed by atoms with Gasteiger partial charge < -0.3 is 0 Å². The average Bonchev–Trinajstić information content (AvgIpc) is 0.918. The third-order valence-corrected chi connectivity index (χ3v) is 0. The molecule has 0 aromatic rings. The minimum atomic E-state index is 0. The highest BCUT2D eigenvalue weighted by atomic mass is 79.9. The van der Waals surface area contributed by atoms with Gasteiger partial charge in [-0.15, -0.1) is 74.1 Å².